The van der Waals surface area contributed by atoms with Crippen molar-refractivity contribution in [2.75, 3.05) is 14.2 Å². The topological polar surface area (TPSA) is 38.6 Å². The molecule has 0 fully saturated rings. The number of ether oxygens (including phenoxy) is 1. The molecular weight excluding hydrogens is 270 g/mol. The van der Waals surface area contributed by atoms with Gasteiger partial charge in [-0.15, -0.1) is 11.3 Å². The van der Waals surface area contributed by atoms with Crippen molar-refractivity contribution in [1.82, 2.24) is 14.7 Å². The molecule has 0 bridgehead atoms. The molecule has 0 spiro atoms. The van der Waals surface area contributed by atoms with E-state index in [0.29, 0.717) is 0 Å². The normalized spacial score (nSPS) is 12.7. The Morgan fingerprint density at radius 1 is 1.45 bits per heavy atom. The molecule has 0 aliphatic carbocycles. The Kier molecular flexibility index (Phi) is 3.71. The number of methoxy groups -OCH3 is 1. The number of nitrogens with one attached hydrogen (secondary N) is 1. The van der Waals surface area contributed by atoms with Crippen molar-refractivity contribution in [1.29, 1.82) is 0 Å². The largest absolute Gasteiger partial charge is 0.497 e. The molecule has 2 aromatic heterocycles. The summed E-state index contributed by atoms with van der Waals surface area (Å²) in [5.74, 6) is 0.883. The Morgan fingerprint density at radius 2 is 2.35 bits per heavy atom. The number of imidazole rings is 1. The average molecular weight is 287 g/mol. The van der Waals surface area contributed by atoms with Gasteiger partial charge >= 0.3 is 0 Å². The summed E-state index contributed by atoms with van der Waals surface area (Å²) in [5.41, 5.74) is 2.31. The molecule has 1 aromatic carbocycles. The summed E-state index contributed by atoms with van der Waals surface area (Å²) in [6.07, 6.45) is 4.99. The minimum Gasteiger partial charge on any atom is -0.497 e. The molecule has 20 heavy (non-hydrogen) atoms. The molecule has 0 aliphatic rings. The zero-order valence-electron chi connectivity index (χ0n) is 11.5. The van der Waals surface area contributed by atoms with Gasteiger partial charge in [0.1, 0.15) is 5.75 Å². The van der Waals surface area contributed by atoms with Gasteiger partial charge in [0.15, 0.2) is 4.96 Å². The molecule has 0 aliphatic heterocycles. The lowest BCUT2D eigenvalue weighted by Crippen LogP contribution is -2.19. The summed E-state index contributed by atoms with van der Waals surface area (Å²) >= 11 is 1.66. The number of hydrogen-bond acceptors (Lipinski definition) is 4. The molecule has 104 valence electrons. The number of aromatic nitrogens is 2. The van der Waals surface area contributed by atoms with Crippen LogP contribution in [0.2, 0.25) is 0 Å². The van der Waals surface area contributed by atoms with E-state index in [-0.39, 0.29) is 6.04 Å². The Labute approximate surface area is 122 Å². The molecule has 0 radical (unpaired) electrons. The minimum atomic E-state index is 0.231. The maximum Gasteiger partial charge on any atom is 0.193 e. The number of nitrogens with zero attached hydrogens (tertiary/aromatic N) is 2. The molecule has 0 amide bonds. The smallest absolute Gasteiger partial charge is 0.193 e. The molecule has 1 N–H and O–H groups in total. The van der Waals surface area contributed by atoms with E-state index in [1.54, 1.807) is 18.4 Å². The molecule has 4 nitrogen and oxygen atoms in total. The van der Waals surface area contributed by atoms with Crippen molar-refractivity contribution in [2.24, 2.45) is 0 Å². The van der Waals surface area contributed by atoms with Crippen molar-refractivity contribution in [3.63, 3.8) is 0 Å². The van der Waals surface area contributed by atoms with Crippen molar-refractivity contribution in [3.8, 4) is 5.75 Å². The second-order valence-corrected chi connectivity index (χ2v) is 5.52. The second-order valence-electron chi connectivity index (χ2n) is 4.65. The maximum absolute atomic E-state index is 5.29. The van der Waals surface area contributed by atoms with Crippen molar-refractivity contribution in [3.05, 3.63) is 53.3 Å². The van der Waals surface area contributed by atoms with Crippen LogP contribution in [-0.2, 0) is 6.42 Å². The first-order chi connectivity index (χ1) is 9.80. The molecule has 2 heterocycles. The molecule has 0 saturated carbocycles. The number of hydrogen-bond donors (Lipinski definition) is 1. The quantitative estimate of drug-likeness (QED) is 0.784. The van der Waals surface area contributed by atoms with E-state index in [4.69, 9.17) is 4.74 Å². The summed E-state index contributed by atoms with van der Waals surface area (Å²) < 4.78 is 7.36. The van der Waals surface area contributed by atoms with E-state index in [2.05, 4.69) is 33.0 Å². The molecule has 1 unspecified atom stereocenters. The van der Waals surface area contributed by atoms with Gasteiger partial charge < -0.3 is 10.1 Å². The predicted molar refractivity (Wildman–Crippen MR) is 81.6 cm³/mol. The van der Waals surface area contributed by atoms with E-state index in [9.17, 15) is 0 Å². The van der Waals surface area contributed by atoms with Gasteiger partial charge in [-0.1, -0.05) is 12.1 Å². The summed E-state index contributed by atoms with van der Waals surface area (Å²) in [7, 11) is 3.67. The van der Waals surface area contributed by atoms with E-state index < -0.39 is 0 Å². The van der Waals surface area contributed by atoms with Crippen molar-refractivity contribution >= 4 is 16.3 Å². The molecule has 3 aromatic rings. The summed E-state index contributed by atoms with van der Waals surface area (Å²) in [4.78, 5) is 5.68. The third-order valence-corrected chi connectivity index (χ3v) is 4.17. The van der Waals surface area contributed by atoms with E-state index in [0.717, 1.165) is 22.8 Å². The van der Waals surface area contributed by atoms with Gasteiger partial charge in [0.2, 0.25) is 0 Å². The van der Waals surface area contributed by atoms with Gasteiger partial charge in [-0.2, -0.15) is 0 Å². The van der Waals surface area contributed by atoms with Crippen LogP contribution in [0.4, 0.5) is 0 Å². The highest BCUT2D eigenvalue weighted by Gasteiger charge is 2.13. The first-order valence-corrected chi connectivity index (χ1v) is 7.40. The Balaban J connectivity index is 1.83. The standard InChI is InChI=1S/C15H17N3OS/c1-16-14(11-4-3-5-13(8-11)19-2)9-12-10-18-6-7-20-15(18)17-12/h3-8,10,14,16H,9H2,1-2H3. The van der Waals surface area contributed by atoms with Gasteiger partial charge in [-0.25, -0.2) is 4.98 Å². The summed E-state index contributed by atoms with van der Waals surface area (Å²) in [5, 5.41) is 5.40. The van der Waals surface area contributed by atoms with Gasteiger partial charge in [0.25, 0.3) is 0 Å². The summed E-state index contributed by atoms with van der Waals surface area (Å²) in [6.45, 7) is 0. The molecule has 0 saturated heterocycles. The maximum atomic E-state index is 5.29. The fraction of sp³-hybridized carbons (Fsp3) is 0.267. The van der Waals surface area contributed by atoms with Crippen LogP contribution in [0.1, 0.15) is 17.3 Å². The first kappa shape index (κ1) is 13.1. The molecule has 1 atom stereocenters. The summed E-state index contributed by atoms with van der Waals surface area (Å²) in [6, 6.07) is 8.39. The fourth-order valence-electron chi connectivity index (χ4n) is 2.33. The molecular formula is C15H17N3OS. The average Bonchev–Trinajstić information content (AvgIpc) is 3.05. The predicted octanol–water partition coefficient (Wildman–Crippen LogP) is 2.91. The van der Waals surface area contributed by atoms with Crippen LogP contribution in [0.5, 0.6) is 5.75 Å². The third-order valence-electron chi connectivity index (χ3n) is 3.40. The highest BCUT2D eigenvalue weighted by Crippen LogP contribution is 2.22. The van der Waals surface area contributed by atoms with Crippen LogP contribution < -0.4 is 10.1 Å². The zero-order chi connectivity index (χ0) is 13.9. The monoisotopic (exact) mass is 287 g/mol. The minimum absolute atomic E-state index is 0.231. The van der Waals surface area contributed by atoms with E-state index >= 15 is 0 Å². The van der Waals surface area contributed by atoms with Crippen LogP contribution in [0.15, 0.2) is 42.0 Å². The van der Waals surface area contributed by atoms with Gasteiger partial charge in [-0.05, 0) is 24.7 Å². The molecule has 5 heteroatoms. The van der Waals surface area contributed by atoms with Gasteiger partial charge in [-0.3, -0.25) is 4.40 Å². The van der Waals surface area contributed by atoms with Gasteiger partial charge in [0, 0.05) is 30.2 Å². The molecule has 3 rings (SSSR count). The first-order valence-electron chi connectivity index (χ1n) is 6.52. The number of fused-ring (bicyclic) bond motifs is 1. The number of thiazole rings is 1. The van der Waals surface area contributed by atoms with Crippen LogP contribution in [0.25, 0.3) is 4.96 Å². The van der Waals surface area contributed by atoms with Crippen LogP contribution >= 0.6 is 11.3 Å². The lowest BCUT2D eigenvalue weighted by atomic mass is 10.0. The Hall–Kier alpha value is -1.85. The Morgan fingerprint density at radius 3 is 3.10 bits per heavy atom. The SMILES string of the molecule is CNC(Cc1cn2ccsc2n1)c1cccc(OC)c1. The second kappa shape index (κ2) is 5.64. The van der Waals surface area contributed by atoms with E-state index in [1.807, 2.05) is 30.8 Å². The van der Waals surface area contributed by atoms with Crippen molar-refractivity contribution < 1.29 is 4.74 Å². The third kappa shape index (κ3) is 2.55. The highest BCUT2D eigenvalue weighted by molar-refractivity contribution is 7.15. The lowest BCUT2D eigenvalue weighted by molar-refractivity contribution is 0.413. The number of rotatable bonds is 5. The highest BCUT2D eigenvalue weighted by atomic mass is 32.1. The van der Waals surface area contributed by atoms with Crippen LogP contribution in [0.3, 0.4) is 0 Å². The number of benzene rings is 1. The zero-order valence-corrected chi connectivity index (χ0v) is 12.4. The Bertz CT molecular complexity index is 675. The lowest BCUT2D eigenvalue weighted by Gasteiger charge is -2.16. The fourth-order valence-corrected chi connectivity index (χ4v) is 3.05. The van der Waals surface area contributed by atoms with Gasteiger partial charge in [0.05, 0.1) is 12.8 Å². The van der Waals surface area contributed by atoms with E-state index in [1.165, 1.54) is 5.56 Å². The van der Waals surface area contributed by atoms with Crippen molar-refractivity contribution in [2.45, 2.75) is 12.5 Å². The number of likely N-dealkylation sites (N-methyl/N-ethyl adjacent to an activating group) is 1. The van der Waals surface area contributed by atoms with Crippen LogP contribution in [-0.4, -0.2) is 23.5 Å². The van der Waals surface area contributed by atoms with Crippen LogP contribution in [0, 0.1) is 0 Å².